The molecule has 3 heterocycles. The van der Waals surface area contributed by atoms with Crippen LogP contribution in [0.25, 0.3) is 0 Å². The summed E-state index contributed by atoms with van der Waals surface area (Å²) in [6, 6.07) is 3.22. The minimum absolute atomic E-state index is 0.00969. The van der Waals surface area contributed by atoms with Gasteiger partial charge in [-0.1, -0.05) is 20.8 Å². The highest BCUT2D eigenvalue weighted by Crippen LogP contribution is 2.42. The largest absolute Gasteiger partial charge is 0.393 e. The van der Waals surface area contributed by atoms with E-state index in [1.807, 2.05) is 0 Å². The van der Waals surface area contributed by atoms with Gasteiger partial charge in [0.15, 0.2) is 0 Å². The maximum absolute atomic E-state index is 12.6. The van der Waals surface area contributed by atoms with Gasteiger partial charge >= 0.3 is 0 Å². The van der Waals surface area contributed by atoms with Crippen molar-refractivity contribution >= 4 is 5.91 Å². The summed E-state index contributed by atoms with van der Waals surface area (Å²) < 4.78 is 6.44. The first kappa shape index (κ1) is 18.1. The zero-order valence-corrected chi connectivity index (χ0v) is 15.2. The lowest BCUT2D eigenvalue weighted by atomic mass is 9.76. The number of aromatic nitrogens is 1. The van der Waals surface area contributed by atoms with Crippen LogP contribution in [0.5, 0.6) is 0 Å². The molecule has 1 amide bonds. The molecule has 0 aliphatic carbocycles. The monoisotopic (exact) mass is 348 g/mol. The van der Waals surface area contributed by atoms with Crippen LogP contribution >= 0.6 is 0 Å². The Morgan fingerprint density at radius 1 is 1.36 bits per heavy atom. The van der Waals surface area contributed by atoms with E-state index in [4.69, 9.17) is 4.74 Å². The highest BCUT2D eigenvalue weighted by Gasteiger charge is 2.46. The molecule has 2 N–H and O–H groups in total. The number of piperidine rings is 1. The summed E-state index contributed by atoms with van der Waals surface area (Å²) in [5.74, 6) is -0.236. The molecular formula is C19H28N2O4. The van der Waals surface area contributed by atoms with Crippen LogP contribution in [0.1, 0.15) is 56.8 Å². The Labute approximate surface area is 148 Å². The Hall–Kier alpha value is -1.66. The number of nitrogens with one attached hydrogen (secondary N) is 1. The minimum Gasteiger partial charge on any atom is -0.393 e. The number of likely N-dealkylation sites (tertiary alicyclic amines) is 1. The predicted molar refractivity (Wildman–Crippen MR) is 94.5 cm³/mol. The van der Waals surface area contributed by atoms with E-state index in [1.54, 1.807) is 17.0 Å². The van der Waals surface area contributed by atoms with E-state index >= 15 is 0 Å². The van der Waals surface area contributed by atoms with Gasteiger partial charge in [-0.25, -0.2) is 0 Å². The number of rotatable bonds is 1. The third kappa shape index (κ3) is 3.80. The number of aliphatic hydroxyl groups is 1. The molecule has 2 saturated heterocycles. The molecule has 0 saturated carbocycles. The van der Waals surface area contributed by atoms with Crippen LogP contribution in [0.15, 0.2) is 23.1 Å². The Bertz CT molecular complexity index is 683. The maximum Gasteiger partial charge on any atom is 0.260 e. The van der Waals surface area contributed by atoms with E-state index in [0.29, 0.717) is 38.8 Å². The highest BCUT2D eigenvalue weighted by molar-refractivity contribution is 5.93. The van der Waals surface area contributed by atoms with Gasteiger partial charge in [0.05, 0.1) is 17.8 Å². The lowest BCUT2D eigenvalue weighted by Crippen LogP contribution is -2.56. The first-order valence-corrected chi connectivity index (χ1v) is 9.03. The Balaban J connectivity index is 1.70. The standard InChI is InChI=1S/C19H28N2O4/c1-18(2,3)15-11-13(22)12-19(25-15)6-9-21(10-7-19)17(24)14-5-4-8-20-16(14)23/h4-5,8,13,15,22H,6-7,9-12H2,1-3H3,(H,20,23)/t13-,15-/m1/s1. The fraction of sp³-hybridized carbons (Fsp3) is 0.684. The van der Waals surface area contributed by atoms with Crippen LogP contribution < -0.4 is 5.56 Å². The van der Waals surface area contributed by atoms with E-state index in [-0.39, 0.29) is 40.3 Å². The summed E-state index contributed by atoms with van der Waals surface area (Å²) in [5.41, 5.74) is -0.575. The van der Waals surface area contributed by atoms with Crippen molar-refractivity contribution in [1.29, 1.82) is 0 Å². The number of H-pyrrole nitrogens is 1. The number of nitrogens with zero attached hydrogens (tertiary/aromatic N) is 1. The van der Waals surface area contributed by atoms with Crippen molar-refractivity contribution in [3.63, 3.8) is 0 Å². The van der Waals surface area contributed by atoms with Crippen molar-refractivity contribution < 1.29 is 14.6 Å². The van der Waals surface area contributed by atoms with E-state index in [0.717, 1.165) is 0 Å². The fourth-order valence-corrected chi connectivity index (χ4v) is 3.89. The molecule has 2 aliphatic rings. The number of aromatic amines is 1. The maximum atomic E-state index is 12.6. The zero-order valence-electron chi connectivity index (χ0n) is 15.2. The first-order valence-electron chi connectivity index (χ1n) is 9.03. The average molecular weight is 348 g/mol. The van der Waals surface area contributed by atoms with Gasteiger partial charge in [0.1, 0.15) is 5.56 Å². The van der Waals surface area contributed by atoms with Crippen LogP contribution in [0.4, 0.5) is 0 Å². The summed E-state index contributed by atoms with van der Waals surface area (Å²) >= 11 is 0. The van der Waals surface area contributed by atoms with Crippen LogP contribution in [-0.2, 0) is 4.74 Å². The summed E-state index contributed by atoms with van der Waals surface area (Å²) in [4.78, 5) is 28.7. The van der Waals surface area contributed by atoms with Gasteiger partial charge in [-0.05, 0) is 30.4 Å². The lowest BCUT2D eigenvalue weighted by Gasteiger charge is -2.50. The van der Waals surface area contributed by atoms with E-state index in [1.165, 1.54) is 6.20 Å². The third-order valence-electron chi connectivity index (χ3n) is 5.46. The van der Waals surface area contributed by atoms with Gasteiger partial charge in [-0.15, -0.1) is 0 Å². The van der Waals surface area contributed by atoms with Crippen LogP contribution in [0.3, 0.4) is 0 Å². The molecule has 0 radical (unpaired) electrons. The van der Waals surface area contributed by atoms with Crippen molar-refractivity contribution in [3.05, 3.63) is 34.2 Å². The molecule has 1 aromatic rings. The second-order valence-electron chi connectivity index (χ2n) is 8.45. The molecule has 2 aliphatic heterocycles. The van der Waals surface area contributed by atoms with Crippen LogP contribution in [-0.4, -0.2) is 51.8 Å². The highest BCUT2D eigenvalue weighted by atomic mass is 16.5. The van der Waals surface area contributed by atoms with Crippen LogP contribution in [0.2, 0.25) is 0 Å². The zero-order chi connectivity index (χ0) is 18.2. The third-order valence-corrected chi connectivity index (χ3v) is 5.46. The molecule has 0 aromatic carbocycles. The average Bonchev–Trinajstić information content (AvgIpc) is 2.54. The predicted octanol–water partition coefficient (Wildman–Crippen LogP) is 1.94. The van der Waals surface area contributed by atoms with Crippen molar-refractivity contribution in [3.8, 4) is 0 Å². The Morgan fingerprint density at radius 2 is 2.04 bits per heavy atom. The normalized spacial score (nSPS) is 26.6. The van der Waals surface area contributed by atoms with Gasteiger partial charge in [0, 0.05) is 32.1 Å². The van der Waals surface area contributed by atoms with Gasteiger partial charge in [-0.3, -0.25) is 9.59 Å². The van der Waals surface area contributed by atoms with Crippen molar-refractivity contribution in [2.45, 2.75) is 64.3 Å². The second-order valence-corrected chi connectivity index (χ2v) is 8.45. The molecule has 1 aromatic heterocycles. The quantitative estimate of drug-likeness (QED) is 0.812. The van der Waals surface area contributed by atoms with Gasteiger partial charge in [0.2, 0.25) is 0 Å². The van der Waals surface area contributed by atoms with Crippen LogP contribution in [0, 0.1) is 5.41 Å². The Morgan fingerprint density at radius 3 is 2.64 bits per heavy atom. The number of carbonyl (C=O) groups is 1. The molecule has 2 fully saturated rings. The number of pyridine rings is 1. The first-order chi connectivity index (χ1) is 11.7. The molecular weight excluding hydrogens is 320 g/mol. The van der Waals surface area contributed by atoms with E-state index in [2.05, 4.69) is 25.8 Å². The van der Waals surface area contributed by atoms with E-state index in [9.17, 15) is 14.7 Å². The molecule has 6 nitrogen and oxygen atoms in total. The Kier molecular flexibility index (Phi) is 4.77. The molecule has 0 unspecified atom stereocenters. The lowest BCUT2D eigenvalue weighted by molar-refractivity contribution is -0.205. The smallest absolute Gasteiger partial charge is 0.260 e. The van der Waals surface area contributed by atoms with Gasteiger partial charge in [0.25, 0.3) is 11.5 Å². The van der Waals surface area contributed by atoms with Gasteiger partial charge < -0.3 is 19.7 Å². The SMILES string of the molecule is CC(C)(C)[C@H]1C[C@@H](O)CC2(CCN(C(=O)c3ccc[nH]c3=O)CC2)O1. The van der Waals surface area contributed by atoms with Crippen molar-refractivity contribution in [1.82, 2.24) is 9.88 Å². The minimum atomic E-state index is -0.366. The molecule has 2 atom stereocenters. The molecule has 3 rings (SSSR count). The molecule has 25 heavy (non-hydrogen) atoms. The van der Waals surface area contributed by atoms with Gasteiger partial charge in [-0.2, -0.15) is 0 Å². The number of hydrogen-bond donors (Lipinski definition) is 2. The summed E-state index contributed by atoms with van der Waals surface area (Å²) in [5, 5.41) is 10.3. The number of amides is 1. The number of ether oxygens (including phenoxy) is 1. The summed E-state index contributed by atoms with van der Waals surface area (Å²) in [6.07, 6.45) is 3.82. The molecule has 0 bridgehead atoms. The van der Waals surface area contributed by atoms with Crippen molar-refractivity contribution in [2.24, 2.45) is 5.41 Å². The van der Waals surface area contributed by atoms with Crippen molar-refractivity contribution in [2.75, 3.05) is 13.1 Å². The number of hydrogen-bond acceptors (Lipinski definition) is 4. The molecule has 1 spiro atoms. The topological polar surface area (TPSA) is 82.6 Å². The fourth-order valence-electron chi connectivity index (χ4n) is 3.89. The number of carbonyl (C=O) groups excluding carboxylic acids is 1. The summed E-state index contributed by atoms with van der Waals surface area (Å²) in [7, 11) is 0. The molecule has 6 heteroatoms. The number of aliphatic hydroxyl groups excluding tert-OH is 1. The van der Waals surface area contributed by atoms with E-state index < -0.39 is 0 Å². The summed E-state index contributed by atoms with van der Waals surface area (Å²) in [6.45, 7) is 7.46. The second kappa shape index (κ2) is 6.57. The molecule has 138 valence electrons.